The highest BCUT2D eigenvalue weighted by Gasteiger charge is 2.17. The predicted molar refractivity (Wildman–Crippen MR) is 135 cm³/mol. The molecule has 31 heavy (non-hydrogen) atoms. The molecule has 1 amide bonds. The molecule has 0 fully saturated rings. The van der Waals surface area contributed by atoms with Crippen molar-refractivity contribution < 1.29 is 4.79 Å². The zero-order valence-corrected chi connectivity index (χ0v) is 20.5. The molecule has 0 unspecified atom stereocenters. The predicted octanol–water partition coefficient (Wildman–Crippen LogP) is 7.66. The van der Waals surface area contributed by atoms with Crippen molar-refractivity contribution in [3.05, 3.63) is 59.2 Å². The zero-order valence-electron chi connectivity index (χ0n) is 20.5. The lowest BCUT2D eigenvalue weighted by Crippen LogP contribution is -2.29. The molecule has 0 aliphatic carbocycles. The third kappa shape index (κ3) is 7.72. The lowest BCUT2D eigenvalue weighted by atomic mass is 9.92. The molecule has 0 saturated carbocycles. The number of nitrogens with one attached hydrogen (secondary N) is 1. The number of carbonyl (C=O) groups excluding carboxylic acids is 1. The number of benzene rings is 2. The van der Waals surface area contributed by atoms with E-state index in [1.807, 2.05) is 0 Å². The average Bonchev–Trinajstić information content (AvgIpc) is 2.73. The van der Waals surface area contributed by atoms with E-state index in [9.17, 15) is 4.79 Å². The van der Waals surface area contributed by atoms with E-state index >= 15 is 0 Å². The number of nitrogens with zero attached hydrogens (tertiary/aromatic N) is 1. The van der Waals surface area contributed by atoms with Crippen molar-refractivity contribution in [1.29, 1.82) is 0 Å². The Bertz CT molecular complexity index is 799. The fraction of sp³-hybridized carbons (Fsp3) is 0.536. The Kier molecular flexibility index (Phi) is 10.1. The number of aryl methyl sites for hydroxylation is 1. The van der Waals surface area contributed by atoms with Crippen molar-refractivity contribution in [3.8, 4) is 0 Å². The maximum Gasteiger partial charge on any atom is 0.226 e. The van der Waals surface area contributed by atoms with E-state index in [1.54, 1.807) is 0 Å². The second-order valence-electron chi connectivity index (χ2n) is 9.31. The molecule has 3 nitrogen and oxygen atoms in total. The maximum absolute atomic E-state index is 13.0. The van der Waals surface area contributed by atoms with Gasteiger partial charge >= 0.3 is 0 Å². The van der Waals surface area contributed by atoms with Gasteiger partial charge in [0.25, 0.3) is 0 Å². The van der Waals surface area contributed by atoms with Crippen LogP contribution < -0.4 is 10.2 Å². The summed E-state index contributed by atoms with van der Waals surface area (Å²) in [7, 11) is 0. The molecule has 0 heterocycles. The number of carbonyl (C=O) groups is 1. The highest BCUT2D eigenvalue weighted by molar-refractivity contribution is 5.93. The van der Waals surface area contributed by atoms with E-state index in [2.05, 4.69) is 94.2 Å². The van der Waals surface area contributed by atoms with Crippen LogP contribution in [0.3, 0.4) is 0 Å². The van der Waals surface area contributed by atoms with Crippen LogP contribution >= 0.6 is 0 Å². The fourth-order valence-corrected chi connectivity index (χ4v) is 4.06. The summed E-state index contributed by atoms with van der Waals surface area (Å²) in [5.41, 5.74) is 5.93. The average molecular weight is 423 g/mol. The van der Waals surface area contributed by atoms with Gasteiger partial charge in [-0.15, -0.1) is 0 Å². The van der Waals surface area contributed by atoms with Crippen molar-refractivity contribution in [2.75, 3.05) is 23.3 Å². The van der Waals surface area contributed by atoms with Gasteiger partial charge in [-0.3, -0.25) is 4.79 Å². The maximum atomic E-state index is 13.0. The summed E-state index contributed by atoms with van der Waals surface area (Å²) < 4.78 is 0. The summed E-state index contributed by atoms with van der Waals surface area (Å²) in [5, 5.41) is 3.27. The Labute approximate surface area is 190 Å². The standard InChI is InChI=1S/C28H42N2O/c1-7-8-9-10-18-30(24-14-11-13-23(6)20-24)19-17-27(31)29-28-25(21(2)3)15-12-16-26(28)22(4)5/h11-16,20-22H,7-10,17-19H2,1-6H3,(H,29,31). The first-order chi connectivity index (χ1) is 14.8. The van der Waals surface area contributed by atoms with Crippen molar-refractivity contribution in [2.45, 2.75) is 85.5 Å². The number of unbranched alkanes of at least 4 members (excludes halogenated alkanes) is 3. The monoisotopic (exact) mass is 422 g/mol. The number of amides is 1. The lowest BCUT2D eigenvalue weighted by molar-refractivity contribution is -0.116. The van der Waals surface area contributed by atoms with Gasteiger partial charge in [-0.2, -0.15) is 0 Å². The van der Waals surface area contributed by atoms with E-state index in [4.69, 9.17) is 0 Å². The highest BCUT2D eigenvalue weighted by Crippen LogP contribution is 2.32. The minimum atomic E-state index is 0.0983. The van der Waals surface area contributed by atoms with Crippen LogP contribution in [-0.2, 0) is 4.79 Å². The molecule has 0 aliphatic rings. The summed E-state index contributed by atoms with van der Waals surface area (Å²) in [5.74, 6) is 0.842. The summed E-state index contributed by atoms with van der Waals surface area (Å²) in [6.07, 6.45) is 5.40. The summed E-state index contributed by atoms with van der Waals surface area (Å²) in [6, 6.07) is 15.0. The van der Waals surface area contributed by atoms with Gasteiger partial charge in [-0.1, -0.05) is 84.2 Å². The summed E-state index contributed by atoms with van der Waals surface area (Å²) in [6.45, 7) is 14.8. The molecule has 0 aliphatic heterocycles. The zero-order chi connectivity index (χ0) is 22.8. The second kappa shape index (κ2) is 12.5. The molecule has 0 bridgehead atoms. The first kappa shape index (κ1) is 25.0. The van der Waals surface area contributed by atoms with E-state index in [0.29, 0.717) is 18.3 Å². The van der Waals surface area contributed by atoms with Crippen LogP contribution in [0, 0.1) is 6.92 Å². The van der Waals surface area contributed by atoms with Crippen LogP contribution in [-0.4, -0.2) is 19.0 Å². The van der Waals surface area contributed by atoms with Crippen molar-refractivity contribution in [3.63, 3.8) is 0 Å². The first-order valence-corrected chi connectivity index (χ1v) is 12.1. The molecule has 1 N–H and O–H groups in total. The minimum Gasteiger partial charge on any atom is -0.371 e. The van der Waals surface area contributed by atoms with E-state index < -0.39 is 0 Å². The Morgan fingerprint density at radius 3 is 2.13 bits per heavy atom. The van der Waals surface area contributed by atoms with E-state index in [0.717, 1.165) is 25.2 Å². The Morgan fingerprint density at radius 2 is 1.55 bits per heavy atom. The molecular weight excluding hydrogens is 380 g/mol. The van der Waals surface area contributed by atoms with E-state index in [-0.39, 0.29) is 5.91 Å². The largest absolute Gasteiger partial charge is 0.371 e. The molecule has 2 aromatic carbocycles. The lowest BCUT2D eigenvalue weighted by Gasteiger charge is -2.26. The number of rotatable bonds is 12. The van der Waals surface area contributed by atoms with Crippen molar-refractivity contribution >= 4 is 17.3 Å². The summed E-state index contributed by atoms with van der Waals surface area (Å²) >= 11 is 0. The topological polar surface area (TPSA) is 32.3 Å². The van der Waals surface area contributed by atoms with Crippen LogP contribution in [0.15, 0.2) is 42.5 Å². The molecule has 0 spiro atoms. The quantitative estimate of drug-likeness (QED) is 0.356. The van der Waals surface area contributed by atoms with E-state index in [1.165, 1.54) is 41.6 Å². The normalized spacial score (nSPS) is 11.2. The number of hydrogen-bond acceptors (Lipinski definition) is 2. The Hall–Kier alpha value is -2.29. The van der Waals surface area contributed by atoms with Gasteiger partial charge < -0.3 is 10.2 Å². The van der Waals surface area contributed by atoms with Crippen molar-refractivity contribution in [2.24, 2.45) is 0 Å². The molecule has 0 radical (unpaired) electrons. The van der Waals surface area contributed by atoms with Gasteiger partial charge in [0, 0.05) is 30.9 Å². The van der Waals surface area contributed by atoms with Crippen LogP contribution in [0.2, 0.25) is 0 Å². The molecular formula is C28H42N2O. The first-order valence-electron chi connectivity index (χ1n) is 12.1. The van der Waals surface area contributed by atoms with Crippen LogP contribution in [0.25, 0.3) is 0 Å². The smallest absolute Gasteiger partial charge is 0.226 e. The second-order valence-corrected chi connectivity index (χ2v) is 9.31. The fourth-order valence-electron chi connectivity index (χ4n) is 4.06. The van der Waals surface area contributed by atoms with Gasteiger partial charge in [0.1, 0.15) is 0 Å². The number of anilines is 2. The molecule has 2 aromatic rings. The van der Waals surface area contributed by atoms with Gasteiger partial charge in [-0.25, -0.2) is 0 Å². The molecule has 3 heteroatoms. The van der Waals surface area contributed by atoms with Crippen LogP contribution in [0.4, 0.5) is 11.4 Å². The van der Waals surface area contributed by atoms with Crippen molar-refractivity contribution in [1.82, 2.24) is 0 Å². The SMILES string of the molecule is CCCCCCN(CCC(=O)Nc1c(C(C)C)cccc1C(C)C)c1cccc(C)c1. The van der Waals surface area contributed by atoms with Gasteiger partial charge in [0.2, 0.25) is 5.91 Å². The van der Waals surface area contributed by atoms with Crippen LogP contribution in [0.5, 0.6) is 0 Å². The number of hydrogen-bond donors (Lipinski definition) is 1. The Balaban J connectivity index is 2.10. The van der Waals surface area contributed by atoms with Crippen LogP contribution in [0.1, 0.15) is 95.2 Å². The Morgan fingerprint density at radius 1 is 0.903 bits per heavy atom. The molecule has 2 rings (SSSR count). The molecule has 170 valence electrons. The van der Waals surface area contributed by atoms with Gasteiger partial charge in [-0.05, 0) is 54.0 Å². The summed E-state index contributed by atoms with van der Waals surface area (Å²) in [4.78, 5) is 15.4. The molecule has 0 atom stereocenters. The molecule has 0 aromatic heterocycles. The van der Waals surface area contributed by atoms with Gasteiger partial charge in [0.05, 0.1) is 0 Å². The minimum absolute atomic E-state index is 0.0983. The number of para-hydroxylation sites is 1. The third-order valence-electron chi connectivity index (χ3n) is 5.89. The highest BCUT2D eigenvalue weighted by atomic mass is 16.1. The van der Waals surface area contributed by atoms with Gasteiger partial charge in [0.15, 0.2) is 0 Å². The third-order valence-corrected chi connectivity index (χ3v) is 5.89. The molecule has 0 saturated heterocycles.